The molecule has 29 heavy (non-hydrogen) atoms. The number of anilines is 2. The average molecular weight is 390 g/mol. The van der Waals surface area contributed by atoms with Gasteiger partial charge in [-0.05, 0) is 29.2 Å². The highest BCUT2D eigenvalue weighted by Crippen LogP contribution is 2.29. The molecule has 3 rings (SSSR count). The van der Waals surface area contributed by atoms with E-state index in [-0.39, 0.29) is 11.3 Å². The quantitative estimate of drug-likeness (QED) is 0.641. The van der Waals surface area contributed by atoms with Crippen molar-refractivity contribution in [1.82, 2.24) is 9.97 Å². The molecule has 0 fully saturated rings. The third-order valence-electron chi connectivity index (χ3n) is 4.50. The van der Waals surface area contributed by atoms with E-state index in [4.69, 9.17) is 4.74 Å². The molecule has 0 saturated heterocycles. The van der Waals surface area contributed by atoms with Crippen molar-refractivity contribution in [1.29, 1.82) is 0 Å². The summed E-state index contributed by atoms with van der Waals surface area (Å²) in [6, 6.07) is 17.1. The van der Waals surface area contributed by atoms with Crippen molar-refractivity contribution in [3.05, 3.63) is 77.6 Å². The number of para-hydroxylation sites is 2. The van der Waals surface area contributed by atoms with Gasteiger partial charge in [0.25, 0.3) is 5.91 Å². The number of nitrogens with one attached hydrogen (secondary N) is 2. The van der Waals surface area contributed by atoms with E-state index in [9.17, 15) is 4.79 Å². The molecular formula is C23H26N4O2. The molecule has 0 aliphatic heterocycles. The molecule has 2 N–H and O–H groups in total. The average Bonchev–Trinajstić information content (AvgIpc) is 2.72. The molecule has 2 aromatic carbocycles. The molecule has 3 aromatic rings. The number of methoxy groups -OCH3 is 1. The number of hydrogen-bond donors (Lipinski definition) is 2. The van der Waals surface area contributed by atoms with Gasteiger partial charge in [0.1, 0.15) is 11.4 Å². The zero-order valence-electron chi connectivity index (χ0n) is 17.2. The fraction of sp³-hybridized carbons (Fsp3) is 0.261. The maximum absolute atomic E-state index is 12.8. The van der Waals surface area contributed by atoms with Crippen LogP contribution < -0.4 is 15.4 Å². The van der Waals surface area contributed by atoms with Crippen LogP contribution in [-0.4, -0.2) is 23.0 Å². The minimum Gasteiger partial charge on any atom is -0.496 e. The summed E-state index contributed by atoms with van der Waals surface area (Å²) in [5, 5.41) is 6.12. The van der Waals surface area contributed by atoms with E-state index in [0.717, 1.165) is 22.6 Å². The zero-order valence-corrected chi connectivity index (χ0v) is 17.2. The number of carbonyl (C=O) groups excluding carboxylic acids is 1. The van der Waals surface area contributed by atoms with Crippen LogP contribution in [0.5, 0.6) is 5.75 Å². The molecule has 0 radical (unpaired) electrons. The van der Waals surface area contributed by atoms with E-state index in [1.807, 2.05) is 48.5 Å². The normalized spacial score (nSPS) is 11.0. The van der Waals surface area contributed by atoms with E-state index >= 15 is 0 Å². The monoisotopic (exact) mass is 390 g/mol. The Morgan fingerprint density at radius 2 is 1.76 bits per heavy atom. The summed E-state index contributed by atoms with van der Waals surface area (Å²) in [5.74, 6) is 0.893. The van der Waals surface area contributed by atoms with E-state index in [0.29, 0.717) is 18.2 Å². The highest BCUT2D eigenvalue weighted by Gasteiger charge is 2.19. The first kappa shape index (κ1) is 20.3. The zero-order chi connectivity index (χ0) is 20.9. The van der Waals surface area contributed by atoms with Crippen LogP contribution in [0.15, 0.2) is 60.8 Å². The van der Waals surface area contributed by atoms with Gasteiger partial charge in [-0.3, -0.25) is 4.79 Å². The minimum atomic E-state index is -0.274. The van der Waals surface area contributed by atoms with Crippen LogP contribution in [0.2, 0.25) is 0 Å². The molecule has 0 saturated carbocycles. The van der Waals surface area contributed by atoms with E-state index in [1.165, 1.54) is 0 Å². The maximum Gasteiger partial charge on any atom is 0.274 e. The number of carbonyl (C=O) groups is 1. The van der Waals surface area contributed by atoms with Crippen molar-refractivity contribution in [2.75, 3.05) is 17.7 Å². The van der Waals surface area contributed by atoms with E-state index < -0.39 is 0 Å². The first-order valence-electron chi connectivity index (χ1n) is 9.48. The topological polar surface area (TPSA) is 76.1 Å². The second-order valence-corrected chi connectivity index (χ2v) is 7.68. The number of aromatic nitrogens is 2. The summed E-state index contributed by atoms with van der Waals surface area (Å²) >= 11 is 0. The summed E-state index contributed by atoms with van der Waals surface area (Å²) < 4.78 is 5.36. The van der Waals surface area contributed by atoms with Crippen molar-refractivity contribution in [3.8, 4) is 5.75 Å². The second-order valence-electron chi connectivity index (χ2n) is 7.68. The van der Waals surface area contributed by atoms with Crippen molar-refractivity contribution in [2.24, 2.45) is 0 Å². The van der Waals surface area contributed by atoms with E-state index in [2.05, 4.69) is 41.4 Å². The van der Waals surface area contributed by atoms with Crippen LogP contribution in [0.3, 0.4) is 0 Å². The van der Waals surface area contributed by atoms with Crippen LogP contribution in [0.25, 0.3) is 0 Å². The number of nitrogens with zero attached hydrogens (tertiary/aromatic N) is 2. The summed E-state index contributed by atoms with van der Waals surface area (Å²) in [4.78, 5) is 21.3. The van der Waals surface area contributed by atoms with Gasteiger partial charge >= 0.3 is 0 Å². The molecular weight excluding hydrogens is 364 g/mol. The second kappa shape index (κ2) is 8.73. The Morgan fingerprint density at radius 3 is 2.52 bits per heavy atom. The molecule has 1 amide bonds. The summed E-state index contributed by atoms with van der Waals surface area (Å²) in [6.07, 6.45) is 1.57. The lowest BCUT2D eigenvalue weighted by molar-refractivity contribution is 0.102. The first-order chi connectivity index (χ1) is 13.9. The first-order valence-corrected chi connectivity index (χ1v) is 9.48. The summed E-state index contributed by atoms with van der Waals surface area (Å²) in [7, 11) is 1.63. The molecule has 6 heteroatoms. The van der Waals surface area contributed by atoms with Crippen LogP contribution in [-0.2, 0) is 12.0 Å². The number of benzene rings is 2. The number of hydrogen-bond acceptors (Lipinski definition) is 5. The SMILES string of the molecule is COc1ccccc1CNc1nccc(C(=O)Nc2ccccc2C(C)(C)C)n1. The molecule has 0 spiro atoms. The Hall–Kier alpha value is -3.41. The maximum atomic E-state index is 12.8. The summed E-state index contributed by atoms with van der Waals surface area (Å²) in [5.41, 5.74) is 3.04. The third-order valence-corrected chi connectivity index (χ3v) is 4.50. The Morgan fingerprint density at radius 1 is 1.03 bits per heavy atom. The minimum absolute atomic E-state index is 0.0863. The summed E-state index contributed by atoms with van der Waals surface area (Å²) in [6.45, 7) is 6.83. The molecule has 0 atom stereocenters. The standard InChI is InChI=1S/C23H26N4O2/c1-23(2,3)17-10-6-7-11-18(17)26-21(28)19-13-14-24-22(27-19)25-15-16-9-5-8-12-20(16)29-4/h5-14H,15H2,1-4H3,(H,26,28)(H,24,25,27). The lowest BCUT2D eigenvalue weighted by atomic mass is 9.86. The van der Waals surface area contributed by atoms with Gasteiger partial charge in [0.15, 0.2) is 0 Å². The van der Waals surface area contributed by atoms with Gasteiger partial charge in [-0.25, -0.2) is 9.97 Å². The largest absolute Gasteiger partial charge is 0.496 e. The van der Waals surface area contributed by atoms with Gasteiger partial charge in [0, 0.05) is 24.0 Å². The molecule has 150 valence electrons. The van der Waals surface area contributed by atoms with E-state index in [1.54, 1.807) is 19.4 Å². The predicted molar refractivity (Wildman–Crippen MR) is 115 cm³/mol. The Kier molecular flexibility index (Phi) is 6.12. The Labute approximate surface area is 171 Å². The molecule has 0 aliphatic carbocycles. The van der Waals surface area contributed by atoms with Gasteiger partial charge in [0.05, 0.1) is 7.11 Å². The lowest BCUT2D eigenvalue weighted by Crippen LogP contribution is -2.20. The van der Waals surface area contributed by atoms with Crippen LogP contribution in [0.1, 0.15) is 42.4 Å². The van der Waals surface area contributed by atoms with Crippen LogP contribution in [0, 0.1) is 0 Å². The smallest absolute Gasteiger partial charge is 0.274 e. The fourth-order valence-electron chi connectivity index (χ4n) is 3.03. The predicted octanol–water partition coefficient (Wildman–Crippen LogP) is 4.65. The van der Waals surface area contributed by atoms with Crippen LogP contribution >= 0.6 is 0 Å². The number of amides is 1. The highest BCUT2D eigenvalue weighted by molar-refractivity contribution is 6.03. The molecule has 0 aliphatic rings. The van der Waals surface area contributed by atoms with Crippen molar-refractivity contribution >= 4 is 17.5 Å². The van der Waals surface area contributed by atoms with Crippen molar-refractivity contribution in [2.45, 2.75) is 32.7 Å². The molecule has 1 heterocycles. The molecule has 0 unspecified atom stereocenters. The fourth-order valence-corrected chi connectivity index (χ4v) is 3.03. The van der Waals surface area contributed by atoms with Crippen LogP contribution in [0.4, 0.5) is 11.6 Å². The number of rotatable bonds is 6. The Bertz CT molecular complexity index is 996. The number of ether oxygens (including phenoxy) is 1. The highest BCUT2D eigenvalue weighted by atomic mass is 16.5. The van der Waals surface area contributed by atoms with Crippen molar-refractivity contribution in [3.63, 3.8) is 0 Å². The molecule has 1 aromatic heterocycles. The molecule has 6 nitrogen and oxygen atoms in total. The van der Waals surface area contributed by atoms with Gasteiger partial charge in [-0.15, -0.1) is 0 Å². The lowest BCUT2D eigenvalue weighted by Gasteiger charge is -2.22. The molecule has 0 bridgehead atoms. The third kappa shape index (κ3) is 5.10. The van der Waals surface area contributed by atoms with Gasteiger partial charge in [-0.2, -0.15) is 0 Å². The van der Waals surface area contributed by atoms with Gasteiger partial charge < -0.3 is 15.4 Å². The van der Waals surface area contributed by atoms with Crippen molar-refractivity contribution < 1.29 is 9.53 Å². The Balaban J connectivity index is 1.74. The van der Waals surface area contributed by atoms with Gasteiger partial charge in [0.2, 0.25) is 5.95 Å². The van der Waals surface area contributed by atoms with Gasteiger partial charge in [-0.1, -0.05) is 57.2 Å².